The number of hydrogen-bond acceptors (Lipinski definition) is 10. The van der Waals surface area contributed by atoms with E-state index in [4.69, 9.17) is 19.2 Å². The molecule has 15 heteroatoms. The molecule has 52 heavy (non-hydrogen) atoms. The lowest BCUT2D eigenvalue weighted by Crippen LogP contribution is -2.60. The number of hydrogen-bond donors (Lipinski definition) is 3. The molecule has 1 atom stereocenters. The van der Waals surface area contributed by atoms with Crippen LogP contribution in [0.5, 0.6) is 0 Å². The van der Waals surface area contributed by atoms with E-state index in [2.05, 4.69) is 40.1 Å². The first kappa shape index (κ1) is 36.8. The summed E-state index contributed by atoms with van der Waals surface area (Å²) in [7, 11) is -1.32. The number of rotatable bonds is 11. The van der Waals surface area contributed by atoms with Crippen molar-refractivity contribution in [2.24, 2.45) is 0 Å². The number of nitrogens with one attached hydrogen (secondary N) is 1. The van der Waals surface area contributed by atoms with Gasteiger partial charge in [0.15, 0.2) is 5.82 Å². The lowest BCUT2D eigenvalue weighted by Gasteiger charge is -2.44. The largest absolute Gasteiger partial charge is 0.465 e. The summed E-state index contributed by atoms with van der Waals surface area (Å²) in [6.07, 6.45) is 2.07. The molecule has 0 spiro atoms. The molecule has 14 nitrogen and oxygen atoms in total. The van der Waals surface area contributed by atoms with E-state index >= 15 is 0 Å². The summed E-state index contributed by atoms with van der Waals surface area (Å²) in [5.41, 5.74) is 4.52. The van der Waals surface area contributed by atoms with Gasteiger partial charge in [0.1, 0.15) is 24.3 Å². The number of carbonyl (C=O) groups excluding carboxylic acids is 1. The fourth-order valence-corrected chi connectivity index (χ4v) is 6.92. The maximum atomic E-state index is 13.0. The number of likely N-dealkylation sites (tertiary alicyclic amines) is 1. The fourth-order valence-electron chi connectivity index (χ4n) is 6.16. The number of carboxylic acid groups (broad SMARTS) is 1. The summed E-state index contributed by atoms with van der Waals surface area (Å²) in [5.74, 6) is -0.0543. The molecule has 0 bridgehead atoms. The van der Waals surface area contributed by atoms with Crippen molar-refractivity contribution >= 4 is 31.1 Å². The van der Waals surface area contributed by atoms with Gasteiger partial charge < -0.3 is 29.7 Å². The zero-order valence-electron chi connectivity index (χ0n) is 30.9. The summed E-state index contributed by atoms with van der Waals surface area (Å²) < 4.78 is 13.4. The van der Waals surface area contributed by atoms with E-state index in [1.807, 2.05) is 69.5 Å². The van der Waals surface area contributed by atoms with Crippen LogP contribution in [-0.2, 0) is 22.5 Å². The van der Waals surface area contributed by atoms with Crippen molar-refractivity contribution in [1.82, 2.24) is 39.9 Å². The summed E-state index contributed by atoms with van der Waals surface area (Å²) in [5, 5.41) is 28.0. The van der Waals surface area contributed by atoms with Crippen LogP contribution in [0.2, 0.25) is 25.7 Å². The Morgan fingerprint density at radius 1 is 1.10 bits per heavy atom. The Morgan fingerprint density at radius 2 is 1.85 bits per heavy atom. The monoisotopic (exact) mass is 726 g/mol. The fraction of sp³-hybridized carbons (Fsp3) is 0.432. The second-order valence-corrected chi connectivity index (χ2v) is 21.4. The minimum Gasteiger partial charge on any atom is -0.465 e. The molecule has 1 aliphatic heterocycles. The first-order valence-corrected chi connectivity index (χ1v) is 21.0. The molecule has 1 aliphatic rings. The Balaban J connectivity index is 1.29. The van der Waals surface area contributed by atoms with E-state index < -0.39 is 25.7 Å². The second-order valence-electron chi connectivity index (χ2n) is 15.8. The van der Waals surface area contributed by atoms with Crippen LogP contribution in [0, 0.1) is 6.92 Å². The quantitative estimate of drug-likeness (QED) is 0.105. The van der Waals surface area contributed by atoms with E-state index in [0.29, 0.717) is 29.3 Å². The van der Waals surface area contributed by atoms with Gasteiger partial charge in [-0.3, -0.25) is 14.3 Å². The Kier molecular flexibility index (Phi) is 9.80. The van der Waals surface area contributed by atoms with Gasteiger partial charge in [-0.1, -0.05) is 63.8 Å². The highest BCUT2D eigenvalue weighted by molar-refractivity contribution is 6.76. The number of fused-ring (bicyclic) bond motifs is 1. The molecule has 0 unspecified atom stereocenters. The Hall–Kier alpha value is -4.99. The summed E-state index contributed by atoms with van der Waals surface area (Å²) in [4.78, 5) is 43.8. The van der Waals surface area contributed by atoms with Gasteiger partial charge in [0.25, 0.3) is 0 Å². The number of aromatic nitrogens is 6. The standard InChI is InChI=1S/C37H46N8O6Si/c1-22-15-24(9-11-26(22)23(2)41-32(46)33-42-34(43-51-33)36(3,4)5)30-27-16-29(45(31(27)40-20-39-30)21-50-13-14-52(6,7)8)28-12-10-25(17-38-28)37(49)18-44(19-37)35(47)48/h9-12,15-17,20,23,49H,13-14,18-19,21H2,1-8H3,(H,41,46)(H,47,48)/t23-/m1/s1. The molecule has 2 amide bonds. The van der Waals surface area contributed by atoms with Crippen LogP contribution in [0.3, 0.4) is 0 Å². The topological polar surface area (TPSA) is 182 Å². The maximum Gasteiger partial charge on any atom is 0.407 e. The number of aliphatic hydroxyl groups is 1. The molecule has 5 heterocycles. The zero-order valence-corrected chi connectivity index (χ0v) is 31.9. The minimum absolute atomic E-state index is 0.00614. The number of nitrogens with zero attached hydrogens (tertiary/aromatic N) is 7. The van der Waals surface area contributed by atoms with Gasteiger partial charge >= 0.3 is 17.9 Å². The Morgan fingerprint density at radius 3 is 2.46 bits per heavy atom. The van der Waals surface area contributed by atoms with Crippen LogP contribution in [0.15, 0.2) is 53.4 Å². The normalized spacial score (nSPS) is 15.1. The Labute approximate surface area is 303 Å². The first-order chi connectivity index (χ1) is 24.4. The van der Waals surface area contributed by atoms with Crippen molar-refractivity contribution in [3.05, 3.63) is 77.3 Å². The van der Waals surface area contributed by atoms with Crippen molar-refractivity contribution in [3.8, 4) is 22.6 Å². The molecule has 5 aromatic rings. The van der Waals surface area contributed by atoms with E-state index in [1.54, 1.807) is 18.6 Å². The number of carbonyl (C=O) groups is 2. The predicted molar refractivity (Wildman–Crippen MR) is 197 cm³/mol. The molecule has 4 aromatic heterocycles. The van der Waals surface area contributed by atoms with Crippen molar-refractivity contribution in [1.29, 1.82) is 0 Å². The van der Waals surface area contributed by atoms with Crippen LogP contribution < -0.4 is 5.32 Å². The smallest absolute Gasteiger partial charge is 0.407 e. The molecule has 0 radical (unpaired) electrons. The molecular formula is C37H46N8O6Si. The SMILES string of the molecule is Cc1cc(-c2ncnc3c2cc(-c2ccc(C4(O)CN(C(=O)O)C4)cn2)n3COCC[Si](C)(C)C)ccc1[C@@H](C)NC(=O)c1nc(C(C)(C)C)no1. The number of ether oxygens (including phenoxy) is 1. The average Bonchev–Trinajstić information content (AvgIpc) is 3.71. The number of β-amino-alcohol motifs (C(OH)–C–C–N with tert-alkyl or cyclic N) is 1. The molecule has 1 fully saturated rings. The predicted octanol–water partition coefficient (Wildman–Crippen LogP) is 6.13. The number of aryl methyl sites for hydroxylation is 1. The minimum atomic E-state index is -1.32. The van der Waals surface area contributed by atoms with Crippen molar-refractivity contribution in [2.45, 2.75) is 84.1 Å². The van der Waals surface area contributed by atoms with Crippen LogP contribution in [-0.4, -0.2) is 84.5 Å². The molecule has 0 saturated carbocycles. The van der Waals surface area contributed by atoms with Gasteiger partial charge in [-0.05, 0) is 49.2 Å². The molecule has 0 aliphatic carbocycles. The lowest BCUT2D eigenvalue weighted by molar-refractivity contribution is -0.0900. The van der Waals surface area contributed by atoms with Gasteiger partial charge in [-0.2, -0.15) is 4.98 Å². The van der Waals surface area contributed by atoms with Crippen LogP contribution in [0.4, 0.5) is 4.79 Å². The molecule has 3 N–H and O–H groups in total. The van der Waals surface area contributed by atoms with E-state index in [1.165, 1.54) is 0 Å². The van der Waals surface area contributed by atoms with Crippen molar-refractivity contribution in [3.63, 3.8) is 0 Å². The third-order valence-electron chi connectivity index (χ3n) is 9.29. The van der Waals surface area contributed by atoms with E-state index in [9.17, 15) is 19.8 Å². The van der Waals surface area contributed by atoms with Crippen LogP contribution in [0.1, 0.15) is 66.9 Å². The third-order valence-corrected chi connectivity index (χ3v) is 11.0. The summed E-state index contributed by atoms with van der Waals surface area (Å²) >= 11 is 0. The zero-order chi connectivity index (χ0) is 37.6. The highest BCUT2D eigenvalue weighted by Crippen LogP contribution is 2.36. The van der Waals surface area contributed by atoms with Gasteiger partial charge in [0.2, 0.25) is 0 Å². The van der Waals surface area contributed by atoms with Gasteiger partial charge in [0, 0.05) is 42.8 Å². The molecule has 6 rings (SSSR count). The van der Waals surface area contributed by atoms with Crippen LogP contribution >= 0.6 is 0 Å². The second kappa shape index (κ2) is 13.9. The molecule has 1 aromatic carbocycles. The van der Waals surface area contributed by atoms with E-state index in [0.717, 1.165) is 44.4 Å². The number of benzene rings is 1. The van der Waals surface area contributed by atoms with Gasteiger partial charge in [-0.15, -0.1) is 0 Å². The number of amides is 2. The summed E-state index contributed by atoms with van der Waals surface area (Å²) in [6.45, 7) is 17.5. The maximum absolute atomic E-state index is 13.0. The third kappa shape index (κ3) is 7.61. The molecule has 274 valence electrons. The molecule has 1 saturated heterocycles. The van der Waals surface area contributed by atoms with Gasteiger partial charge in [-0.25, -0.2) is 14.8 Å². The Bertz CT molecular complexity index is 2110. The lowest BCUT2D eigenvalue weighted by atomic mass is 9.87. The van der Waals surface area contributed by atoms with Gasteiger partial charge in [0.05, 0.1) is 36.2 Å². The highest BCUT2D eigenvalue weighted by atomic mass is 28.3. The summed E-state index contributed by atoms with van der Waals surface area (Å²) in [6, 6.07) is 12.3. The average molecular weight is 727 g/mol. The first-order valence-electron chi connectivity index (χ1n) is 17.3. The highest BCUT2D eigenvalue weighted by Gasteiger charge is 2.45. The van der Waals surface area contributed by atoms with Crippen molar-refractivity contribution in [2.75, 3.05) is 19.7 Å². The van der Waals surface area contributed by atoms with Crippen molar-refractivity contribution < 1.29 is 29.1 Å². The number of pyridine rings is 1. The van der Waals surface area contributed by atoms with Crippen LogP contribution in [0.25, 0.3) is 33.7 Å². The van der Waals surface area contributed by atoms with E-state index in [-0.39, 0.29) is 37.2 Å². The molecular weight excluding hydrogens is 681 g/mol.